The van der Waals surface area contributed by atoms with Crippen LogP contribution in [0.1, 0.15) is 6.92 Å². The number of hydrogen-bond donors (Lipinski definition) is 6. The Kier molecular flexibility index (Phi) is 12.4. The highest BCUT2D eigenvalue weighted by Gasteiger charge is 2.32. The Labute approximate surface area is 184 Å². The molecule has 0 unspecified atom stereocenters. The molecule has 0 saturated carbocycles. The molecule has 1 aromatic carbocycles. The van der Waals surface area contributed by atoms with Gasteiger partial charge in [-0.05, 0) is 18.2 Å². The molecule has 32 heavy (non-hydrogen) atoms. The first-order chi connectivity index (χ1) is 15.0. The smallest absolute Gasteiger partial charge is 0.414 e. The maximum absolute atomic E-state index is 14.5. The molecule has 2 aliphatic rings. The fraction of sp³-hybridized carbons (Fsp3) is 0.500. The second kappa shape index (κ2) is 14.2. The number of amides is 2. The van der Waals surface area contributed by atoms with Crippen molar-refractivity contribution in [2.45, 2.75) is 13.0 Å². The average molecular weight is 500 g/mol. The molecular weight excluding hydrogens is 473 g/mol. The van der Waals surface area contributed by atoms with E-state index >= 15 is 0 Å². The number of anilines is 2. The highest BCUT2D eigenvalue weighted by molar-refractivity contribution is 7.31. The van der Waals surface area contributed by atoms with Gasteiger partial charge in [-0.3, -0.25) is 18.8 Å². The van der Waals surface area contributed by atoms with E-state index in [1.54, 1.807) is 12.1 Å². The van der Waals surface area contributed by atoms with E-state index in [9.17, 15) is 14.0 Å². The third-order valence-electron chi connectivity index (χ3n) is 4.15. The lowest BCUT2D eigenvalue weighted by Crippen LogP contribution is -2.43. The van der Waals surface area contributed by atoms with Crippen molar-refractivity contribution >= 4 is 39.9 Å². The molecule has 2 aliphatic heterocycles. The van der Waals surface area contributed by atoms with E-state index in [1.165, 1.54) is 17.9 Å². The fourth-order valence-electron chi connectivity index (χ4n) is 2.92. The molecular formula is C16H27FN4O9P2. The lowest BCUT2D eigenvalue weighted by atomic mass is 10.2. The van der Waals surface area contributed by atoms with Gasteiger partial charge in [-0.1, -0.05) is 0 Å². The van der Waals surface area contributed by atoms with Crippen LogP contribution in [0.15, 0.2) is 18.2 Å². The molecule has 0 radical (unpaired) electrons. The normalized spacial score (nSPS) is 17.9. The summed E-state index contributed by atoms with van der Waals surface area (Å²) in [5.41, 5.74) is 1.00. The van der Waals surface area contributed by atoms with Crippen LogP contribution in [-0.4, -0.2) is 76.9 Å². The molecule has 0 bridgehead atoms. The van der Waals surface area contributed by atoms with E-state index in [1.807, 2.05) is 4.90 Å². The molecule has 1 aromatic rings. The predicted molar refractivity (Wildman–Crippen MR) is 115 cm³/mol. The molecule has 16 heteroatoms. The lowest BCUT2D eigenvalue weighted by Gasteiger charge is -2.30. The molecule has 0 spiro atoms. The van der Waals surface area contributed by atoms with Crippen LogP contribution in [0.3, 0.4) is 0 Å². The van der Waals surface area contributed by atoms with Gasteiger partial charge in [-0.15, -0.1) is 0 Å². The number of halogens is 1. The van der Waals surface area contributed by atoms with Crippen molar-refractivity contribution in [2.24, 2.45) is 0 Å². The zero-order chi connectivity index (χ0) is 24.3. The van der Waals surface area contributed by atoms with E-state index in [0.717, 1.165) is 26.2 Å². The van der Waals surface area contributed by atoms with Crippen LogP contribution >= 0.6 is 16.5 Å². The quantitative estimate of drug-likeness (QED) is 0.290. The van der Waals surface area contributed by atoms with Gasteiger partial charge in [0, 0.05) is 33.1 Å². The fourth-order valence-corrected chi connectivity index (χ4v) is 2.92. The molecule has 182 valence electrons. The molecule has 0 aromatic heterocycles. The average Bonchev–Trinajstić information content (AvgIpc) is 3.07. The van der Waals surface area contributed by atoms with Gasteiger partial charge in [-0.25, -0.2) is 9.18 Å². The minimum absolute atomic E-state index is 0.184. The van der Waals surface area contributed by atoms with Crippen molar-refractivity contribution in [1.29, 1.82) is 0 Å². The van der Waals surface area contributed by atoms with E-state index in [-0.39, 0.29) is 24.8 Å². The van der Waals surface area contributed by atoms with Crippen molar-refractivity contribution in [2.75, 3.05) is 49.1 Å². The molecule has 13 nitrogen and oxygen atoms in total. The van der Waals surface area contributed by atoms with Crippen molar-refractivity contribution in [3.05, 3.63) is 24.0 Å². The number of rotatable bonds is 4. The summed E-state index contributed by atoms with van der Waals surface area (Å²) in [5.74, 6) is -0.538. The molecule has 1 atom stereocenters. The summed E-state index contributed by atoms with van der Waals surface area (Å²) in [6.07, 6.45) is -0.961. The Hall–Kier alpha value is -2.05. The van der Waals surface area contributed by atoms with Crippen molar-refractivity contribution in [1.82, 2.24) is 10.6 Å². The van der Waals surface area contributed by atoms with E-state index in [4.69, 9.17) is 33.4 Å². The number of benzene rings is 1. The third kappa shape index (κ3) is 10.5. The molecule has 6 N–H and O–H groups in total. The van der Waals surface area contributed by atoms with Crippen molar-refractivity contribution in [3.8, 4) is 0 Å². The van der Waals surface area contributed by atoms with Gasteiger partial charge in [0.05, 0.1) is 24.5 Å². The first-order valence-electron chi connectivity index (χ1n) is 9.32. The zero-order valence-corrected chi connectivity index (χ0v) is 19.2. The minimum atomic E-state index is -3.13. The standard InChI is InChI=1S/C16H21FN4O3.2H3O3P/c1-11(22)19-9-13-10-21(16(23)24-13)12-2-3-15(14(17)8-12)20-6-4-18-5-7-20;2*1-4(2)3/h2-3,8,13,18H,4-7,9-10H2,1H3,(H,19,22);2*4H,(H2,1,2,3)/t13-;;/m0../s1. The Morgan fingerprint density at radius 3 is 2.28 bits per heavy atom. The van der Waals surface area contributed by atoms with Crippen LogP contribution in [0.25, 0.3) is 0 Å². The number of piperazine rings is 1. The van der Waals surface area contributed by atoms with Crippen molar-refractivity contribution in [3.63, 3.8) is 0 Å². The van der Waals surface area contributed by atoms with Crippen LogP contribution in [-0.2, 0) is 18.7 Å². The first kappa shape index (κ1) is 28.0. The van der Waals surface area contributed by atoms with Gasteiger partial charge in [0.15, 0.2) is 0 Å². The number of hydrogen-bond acceptors (Lipinski definition) is 7. The number of nitrogens with zero attached hydrogens (tertiary/aromatic N) is 2. The first-order valence-corrected chi connectivity index (χ1v) is 11.9. The van der Waals surface area contributed by atoms with Gasteiger partial charge in [0.25, 0.3) is 0 Å². The summed E-state index contributed by atoms with van der Waals surface area (Å²) in [6, 6.07) is 4.78. The molecule has 0 aliphatic carbocycles. The Balaban J connectivity index is 0.000000554. The topological polar surface area (TPSA) is 189 Å². The second-order valence-electron chi connectivity index (χ2n) is 6.49. The largest absolute Gasteiger partial charge is 0.442 e. The highest BCUT2D eigenvalue weighted by atomic mass is 31.1. The van der Waals surface area contributed by atoms with Crippen LogP contribution in [0.2, 0.25) is 0 Å². The zero-order valence-electron chi connectivity index (χ0n) is 17.2. The van der Waals surface area contributed by atoms with Gasteiger partial charge in [0.1, 0.15) is 11.9 Å². The van der Waals surface area contributed by atoms with E-state index < -0.39 is 28.7 Å². The minimum Gasteiger partial charge on any atom is -0.442 e. The summed E-state index contributed by atoms with van der Waals surface area (Å²) < 4.78 is 37.1. The van der Waals surface area contributed by atoms with Crippen LogP contribution in [0, 0.1) is 5.82 Å². The number of ether oxygens (including phenoxy) is 1. The van der Waals surface area contributed by atoms with Gasteiger partial charge in [-0.2, -0.15) is 0 Å². The summed E-state index contributed by atoms with van der Waals surface area (Å²) in [7, 11) is -6.26. The summed E-state index contributed by atoms with van der Waals surface area (Å²) in [4.78, 5) is 54.9. The monoisotopic (exact) mass is 500 g/mol. The third-order valence-corrected chi connectivity index (χ3v) is 4.15. The maximum atomic E-state index is 14.5. The number of nitrogens with one attached hydrogen (secondary N) is 2. The number of cyclic esters (lactones) is 1. The molecule has 2 fully saturated rings. The molecule has 2 saturated heterocycles. The van der Waals surface area contributed by atoms with E-state index in [0.29, 0.717) is 11.4 Å². The molecule has 2 heterocycles. The Morgan fingerprint density at radius 1 is 1.22 bits per heavy atom. The second-order valence-corrected chi connectivity index (χ2v) is 7.62. The summed E-state index contributed by atoms with van der Waals surface area (Å²) in [6.45, 7) is 5.08. The number of carbonyl (C=O) groups is 2. The van der Waals surface area contributed by atoms with Crippen LogP contribution < -0.4 is 20.4 Å². The summed E-state index contributed by atoms with van der Waals surface area (Å²) in [5, 5.41) is 5.84. The summed E-state index contributed by atoms with van der Waals surface area (Å²) >= 11 is 0. The molecule has 3 rings (SSSR count). The Morgan fingerprint density at radius 2 is 1.78 bits per heavy atom. The number of carbonyl (C=O) groups excluding carboxylic acids is 2. The van der Waals surface area contributed by atoms with Gasteiger partial charge >= 0.3 is 22.6 Å². The van der Waals surface area contributed by atoms with Gasteiger partial charge in [0.2, 0.25) is 5.91 Å². The van der Waals surface area contributed by atoms with Gasteiger partial charge < -0.3 is 39.8 Å². The Bertz CT molecular complexity index is 807. The molecule has 2 amide bonds. The highest BCUT2D eigenvalue weighted by Crippen LogP contribution is 2.28. The van der Waals surface area contributed by atoms with E-state index in [2.05, 4.69) is 10.6 Å². The lowest BCUT2D eigenvalue weighted by molar-refractivity contribution is -0.119. The van der Waals surface area contributed by atoms with Crippen molar-refractivity contribution < 1.29 is 47.4 Å². The predicted octanol–water partition coefficient (Wildman–Crippen LogP) is -0.582. The van der Waals surface area contributed by atoms with Crippen LogP contribution in [0.4, 0.5) is 20.6 Å². The maximum Gasteiger partial charge on any atom is 0.414 e. The SMILES string of the molecule is CC(=O)NC[C@H]1CN(c2ccc(N3CCNCC3)c(F)c2)C(=O)O1.O=[PH](O)O.O=[PH](O)O. The van der Waals surface area contributed by atoms with Crippen LogP contribution in [0.5, 0.6) is 0 Å².